The Kier molecular flexibility index (Phi) is 4.70. The number of hydrogen-bond donors (Lipinski definition) is 3. The van der Waals surface area contributed by atoms with Crippen LogP contribution in [0, 0.1) is 0 Å². The lowest BCUT2D eigenvalue weighted by molar-refractivity contribution is -0.219. The van der Waals surface area contributed by atoms with E-state index in [-0.39, 0.29) is 0 Å². The maximum absolute atomic E-state index is 10.4. The highest BCUT2D eigenvalue weighted by molar-refractivity contribution is 7.60. The van der Waals surface area contributed by atoms with Gasteiger partial charge in [-0.2, -0.15) is 0 Å². The van der Waals surface area contributed by atoms with E-state index < -0.39 is 40.5 Å². The number of aliphatic carboxylic acids is 1. The van der Waals surface area contributed by atoms with Crippen molar-refractivity contribution < 1.29 is 48.5 Å². The fourth-order valence-corrected chi connectivity index (χ4v) is 3.28. The summed E-state index contributed by atoms with van der Waals surface area (Å²) in [6.45, 7) is 0. The highest BCUT2D eigenvalue weighted by Crippen LogP contribution is 2.58. The highest BCUT2D eigenvalue weighted by Gasteiger charge is 2.84. The van der Waals surface area contributed by atoms with Crippen LogP contribution in [-0.2, 0) is 18.5 Å². The first kappa shape index (κ1) is 15.6. The number of carboxylic acid groups (broad SMARTS) is 1. The van der Waals surface area contributed by atoms with Crippen molar-refractivity contribution in [1.82, 2.24) is 0 Å². The molecule has 0 amide bonds. The van der Waals surface area contributed by atoms with Gasteiger partial charge in [0, 0.05) is 0 Å². The van der Waals surface area contributed by atoms with Crippen molar-refractivity contribution in [2.75, 3.05) is 0 Å². The van der Waals surface area contributed by atoms with Crippen LogP contribution in [0.15, 0.2) is 0 Å². The molecule has 16 heavy (non-hydrogen) atoms. The minimum atomic E-state index is -4.50. The summed E-state index contributed by atoms with van der Waals surface area (Å²) in [4.78, 5) is 41.7. The predicted molar refractivity (Wildman–Crippen MR) is 40.4 cm³/mol. The molecule has 0 spiro atoms. The van der Waals surface area contributed by atoms with E-state index in [4.69, 9.17) is 15.3 Å². The molecule has 0 rings (SSSR count). The van der Waals surface area contributed by atoms with Crippen molar-refractivity contribution in [3.05, 3.63) is 0 Å². The van der Waals surface area contributed by atoms with Gasteiger partial charge in [-0.3, -0.25) is 0 Å². The van der Waals surface area contributed by atoms with Crippen molar-refractivity contribution in [2.24, 2.45) is 0 Å². The van der Waals surface area contributed by atoms with E-state index in [9.17, 15) is 33.2 Å². The Bertz CT molecular complexity index is 310. The number of carboxylic acids is 1. The minimum Gasteiger partial charge on any atom is -0.592 e. The molecular formula is C3H3O10P3. The van der Waals surface area contributed by atoms with E-state index >= 15 is 0 Å². The molecule has 0 radical (unpaired) electrons. The Morgan fingerprint density at radius 1 is 0.938 bits per heavy atom. The van der Waals surface area contributed by atoms with Gasteiger partial charge >= 0.3 is 40.5 Å². The van der Waals surface area contributed by atoms with Gasteiger partial charge in [-0.15, -0.1) is 0 Å². The maximum Gasteiger partial charge on any atom is 0.529 e. The van der Waals surface area contributed by atoms with E-state index in [1.165, 1.54) is 0 Å². The van der Waals surface area contributed by atoms with Crippen molar-refractivity contribution in [3.8, 4) is 0 Å². The monoisotopic (exact) mass is 292 g/mol. The summed E-state index contributed by atoms with van der Waals surface area (Å²) in [5.41, 5.74) is 0. The van der Waals surface area contributed by atoms with Crippen LogP contribution in [0.1, 0.15) is 0 Å². The van der Waals surface area contributed by atoms with E-state index in [0.29, 0.717) is 0 Å². The standard InChI is InChI=1S/C3H3O10P3/c4-1(5)2(6,14(8)9)3(7,15(10)11)16(12)13/h6-7H,(H,4,5). The summed E-state index contributed by atoms with van der Waals surface area (Å²) in [5, 5.41) is 17.6. The van der Waals surface area contributed by atoms with Gasteiger partial charge < -0.3 is 30.0 Å². The Labute approximate surface area is 89.8 Å². The zero-order chi connectivity index (χ0) is 13.3. The summed E-state index contributed by atoms with van der Waals surface area (Å²) < 4.78 is 31.3. The van der Waals surface area contributed by atoms with E-state index in [2.05, 4.69) is 0 Å². The number of carbonyl (C=O) groups is 1. The first-order valence-corrected chi connectivity index (χ1v) is 6.67. The molecule has 0 heterocycles. The van der Waals surface area contributed by atoms with Crippen LogP contribution in [0.4, 0.5) is 0 Å². The molecule has 0 aromatic rings. The third-order valence-corrected chi connectivity index (χ3v) is 5.58. The smallest absolute Gasteiger partial charge is 0.529 e. The molecule has 0 bridgehead atoms. The number of rotatable bonds is 5. The quantitative estimate of drug-likeness (QED) is 0.431. The van der Waals surface area contributed by atoms with E-state index in [0.717, 1.165) is 0 Å². The summed E-state index contributed by atoms with van der Waals surface area (Å²) in [6, 6.07) is 0. The van der Waals surface area contributed by atoms with Gasteiger partial charge in [0.15, 0.2) is 0 Å². The Morgan fingerprint density at radius 3 is 1.31 bits per heavy atom. The molecule has 0 aliphatic rings. The van der Waals surface area contributed by atoms with Gasteiger partial charge in [-0.05, 0) is 0 Å². The average molecular weight is 292 g/mol. The molecule has 4 unspecified atom stereocenters. The molecule has 0 aromatic heterocycles. The molecule has 90 valence electrons. The molecule has 0 aliphatic carbocycles. The van der Waals surface area contributed by atoms with Crippen LogP contribution >= 0.6 is 24.1 Å². The van der Waals surface area contributed by atoms with Crippen molar-refractivity contribution in [2.45, 2.75) is 10.4 Å². The first-order valence-electron chi connectivity index (χ1n) is 3.14. The highest BCUT2D eigenvalue weighted by atomic mass is 31.2. The summed E-state index contributed by atoms with van der Waals surface area (Å²) in [5.74, 6) is -2.73. The van der Waals surface area contributed by atoms with Crippen LogP contribution in [0.2, 0.25) is 0 Å². The van der Waals surface area contributed by atoms with Crippen molar-refractivity contribution in [3.63, 3.8) is 0 Å². The van der Waals surface area contributed by atoms with Gasteiger partial charge in [0.2, 0.25) is 0 Å². The molecule has 0 aromatic carbocycles. The van der Waals surface area contributed by atoms with Crippen LogP contribution in [0.3, 0.4) is 0 Å². The van der Waals surface area contributed by atoms with Gasteiger partial charge in [0.1, 0.15) is 0 Å². The lowest BCUT2D eigenvalue weighted by Crippen LogP contribution is -2.56. The molecule has 0 saturated carbocycles. The number of aliphatic hydroxyl groups is 2. The minimum absolute atomic E-state index is 2.73. The summed E-state index contributed by atoms with van der Waals surface area (Å²) in [6.07, 6.45) is 0. The first-order chi connectivity index (χ1) is 7.02. The molecule has 4 atom stereocenters. The second kappa shape index (κ2) is 4.83. The third-order valence-electron chi connectivity index (χ3n) is 1.54. The second-order valence-corrected chi connectivity index (χ2v) is 6.22. The molecule has 10 nitrogen and oxygen atoms in total. The van der Waals surface area contributed by atoms with Gasteiger partial charge in [0.05, 0.1) is 0 Å². The average Bonchev–Trinajstić information content (AvgIpc) is 2.13. The van der Waals surface area contributed by atoms with Crippen LogP contribution in [-0.4, -0.2) is 31.7 Å². The topological polar surface area (TPSA) is 198 Å². The second-order valence-electron chi connectivity index (χ2n) is 2.38. The molecule has 13 heteroatoms. The summed E-state index contributed by atoms with van der Waals surface area (Å²) in [7, 11) is -13.5. The zero-order valence-electron chi connectivity index (χ0n) is 7.04. The SMILES string of the molecule is O=C(O)C(O)([P+](=O)[O-])C(O)([P+](=O)[O-])[P+](=O)[O-]. The Balaban J connectivity index is 6.05. The third kappa shape index (κ3) is 2.02. The largest absolute Gasteiger partial charge is 0.592 e. The zero-order valence-corrected chi connectivity index (χ0v) is 9.72. The fourth-order valence-electron chi connectivity index (χ4n) is 0.665. The molecule has 3 N–H and O–H groups in total. The summed E-state index contributed by atoms with van der Waals surface area (Å²) >= 11 is 0. The maximum atomic E-state index is 10.4. The molecule has 0 saturated heterocycles. The van der Waals surface area contributed by atoms with Gasteiger partial charge in [-0.25, -0.2) is 4.79 Å². The van der Waals surface area contributed by atoms with Crippen LogP contribution in [0.5, 0.6) is 0 Å². The Hall–Kier alpha value is -0.430. The number of hydrogen-bond acceptors (Lipinski definition) is 9. The van der Waals surface area contributed by atoms with Gasteiger partial charge in [0.25, 0.3) is 0 Å². The van der Waals surface area contributed by atoms with E-state index in [1.807, 2.05) is 0 Å². The van der Waals surface area contributed by atoms with Crippen molar-refractivity contribution in [1.29, 1.82) is 0 Å². The lowest BCUT2D eigenvalue weighted by atomic mass is 10.3. The van der Waals surface area contributed by atoms with Gasteiger partial charge in [-0.1, -0.05) is 13.7 Å². The van der Waals surface area contributed by atoms with E-state index in [1.54, 1.807) is 0 Å². The molecular weight excluding hydrogens is 289 g/mol. The fraction of sp³-hybridized carbons (Fsp3) is 0.667. The lowest BCUT2D eigenvalue weighted by Gasteiger charge is -2.19. The Morgan fingerprint density at radius 2 is 1.25 bits per heavy atom. The van der Waals surface area contributed by atoms with Crippen molar-refractivity contribution >= 4 is 30.1 Å². The normalized spacial score (nSPS) is 21.4. The molecule has 0 aliphatic heterocycles. The van der Waals surface area contributed by atoms with Crippen LogP contribution < -0.4 is 14.7 Å². The van der Waals surface area contributed by atoms with Crippen LogP contribution in [0.25, 0.3) is 0 Å². The predicted octanol–water partition coefficient (Wildman–Crippen LogP) is -3.29. The molecule has 0 fully saturated rings.